The van der Waals surface area contributed by atoms with Crippen LogP contribution in [0.2, 0.25) is 0 Å². The van der Waals surface area contributed by atoms with Gasteiger partial charge in [0.05, 0.1) is 12.7 Å². The average molecular weight is 246 g/mol. The van der Waals surface area contributed by atoms with E-state index in [2.05, 4.69) is 17.1 Å². The van der Waals surface area contributed by atoms with Crippen molar-refractivity contribution in [2.75, 3.05) is 40.0 Å². The molecule has 0 radical (unpaired) electrons. The van der Waals surface area contributed by atoms with Gasteiger partial charge >= 0.3 is 0 Å². The smallest absolute Gasteiger partial charge is 0.169 e. The number of nitrogens with one attached hydrogen (secondary N) is 1. The van der Waals surface area contributed by atoms with Crippen LogP contribution in [0.25, 0.3) is 0 Å². The van der Waals surface area contributed by atoms with Crippen molar-refractivity contribution in [3.05, 3.63) is 0 Å². The van der Waals surface area contributed by atoms with Crippen LogP contribution < -0.4 is 5.32 Å². The molecule has 4 nitrogen and oxygen atoms in total. The number of thiocarbonyl (C=S) groups is 1. The summed E-state index contributed by atoms with van der Waals surface area (Å²) in [5.41, 5.74) is 0. The first-order chi connectivity index (χ1) is 7.77. The monoisotopic (exact) mass is 246 g/mol. The zero-order valence-electron chi connectivity index (χ0n) is 10.2. The zero-order chi connectivity index (χ0) is 11.8. The maximum atomic E-state index is 5.61. The van der Waals surface area contributed by atoms with Gasteiger partial charge in [-0.05, 0) is 32.0 Å². The standard InChI is InChI=1S/C11H22N2O2S/c1-3-13(9-10-5-4-7-15-10)11(16)12-6-8-14-2/h10H,3-9H2,1-2H3,(H,12,16). The Hall–Kier alpha value is -0.390. The molecule has 1 rings (SSSR count). The van der Waals surface area contributed by atoms with Gasteiger partial charge in [0.1, 0.15) is 0 Å². The number of likely N-dealkylation sites (N-methyl/N-ethyl adjacent to an activating group) is 1. The average Bonchev–Trinajstić information content (AvgIpc) is 2.78. The van der Waals surface area contributed by atoms with E-state index < -0.39 is 0 Å². The van der Waals surface area contributed by atoms with Gasteiger partial charge in [-0.2, -0.15) is 0 Å². The van der Waals surface area contributed by atoms with Crippen molar-refractivity contribution in [1.29, 1.82) is 0 Å². The molecule has 0 aliphatic carbocycles. The second kappa shape index (κ2) is 7.81. The number of methoxy groups -OCH3 is 1. The number of nitrogens with zero attached hydrogens (tertiary/aromatic N) is 1. The summed E-state index contributed by atoms with van der Waals surface area (Å²) in [5.74, 6) is 0. The van der Waals surface area contributed by atoms with Crippen LogP contribution in [-0.2, 0) is 9.47 Å². The fraction of sp³-hybridized carbons (Fsp3) is 0.909. The van der Waals surface area contributed by atoms with Crippen molar-refractivity contribution < 1.29 is 9.47 Å². The van der Waals surface area contributed by atoms with Gasteiger partial charge in [-0.1, -0.05) is 0 Å². The molecule has 0 spiro atoms. The molecular weight excluding hydrogens is 224 g/mol. The van der Waals surface area contributed by atoms with Crippen LogP contribution in [0, 0.1) is 0 Å². The van der Waals surface area contributed by atoms with Crippen LogP contribution >= 0.6 is 12.2 Å². The molecule has 0 aromatic heterocycles. The van der Waals surface area contributed by atoms with E-state index >= 15 is 0 Å². The lowest BCUT2D eigenvalue weighted by Gasteiger charge is -2.26. The van der Waals surface area contributed by atoms with Crippen LogP contribution in [0.5, 0.6) is 0 Å². The molecule has 94 valence electrons. The van der Waals surface area contributed by atoms with Crippen molar-refractivity contribution in [1.82, 2.24) is 10.2 Å². The third kappa shape index (κ3) is 4.63. The second-order valence-corrected chi connectivity index (χ2v) is 4.29. The van der Waals surface area contributed by atoms with E-state index in [1.54, 1.807) is 7.11 Å². The highest BCUT2D eigenvalue weighted by Gasteiger charge is 2.19. The largest absolute Gasteiger partial charge is 0.383 e. The number of rotatable bonds is 6. The first-order valence-electron chi connectivity index (χ1n) is 5.91. The Labute approximate surface area is 103 Å². The van der Waals surface area contributed by atoms with Gasteiger partial charge in [0.25, 0.3) is 0 Å². The Morgan fingerprint density at radius 2 is 2.44 bits per heavy atom. The maximum Gasteiger partial charge on any atom is 0.169 e. The topological polar surface area (TPSA) is 33.7 Å². The number of hydrogen-bond acceptors (Lipinski definition) is 3. The summed E-state index contributed by atoms with van der Waals surface area (Å²) >= 11 is 5.33. The van der Waals surface area contributed by atoms with E-state index in [1.165, 1.54) is 6.42 Å². The van der Waals surface area contributed by atoms with Crippen molar-refractivity contribution in [2.45, 2.75) is 25.9 Å². The van der Waals surface area contributed by atoms with Gasteiger partial charge in [-0.3, -0.25) is 0 Å². The van der Waals surface area contributed by atoms with Gasteiger partial charge in [-0.25, -0.2) is 0 Å². The van der Waals surface area contributed by atoms with Crippen molar-refractivity contribution in [3.8, 4) is 0 Å². The summed E-state index contributed by atoms with van der Waals surface area (Å²) in [6.45, 7) is 6.26. The lowest BCUT2D eigenvalue weighted by molar-refractivity contribution is 0.0919. The molecule has 0 aromatic rings. The first kappa shape index (κ1) is 13.7. The van der Waals surface area contributed by atoms with Crippen LogP contribution in [-0.4, -0.2) is 56.1 Å². The number of hydrogen-bond donors (Lipinski definition) is 1. The van der Waals surface area contributed by atoms with Gasteiger partial charge in [-0.15, -0.1) is 0 Å². The van der Waals surface area contributed by atoms with Crippen molar-refractivity contribution in [2.24, 2.45) is 0 Å². The predicted octanol–water partition coefficient (Wildman–Crippen LogP) is 1.01. The lowest BCUT2D eigenvalue weighted by atomic mass is 10.2. The normalized spacial score (nSPS) is 19.8. The summed E-state index contributed by atoms with van der Waals surface area (Å²) in [6.07, 6.45) is 2.67. The summed E-state index contributed by atoms with van der Waals surface area (Å²) < 4.78 is 10.6. The van der Waals surface area contributed by atoms with Crippen LogP contribution in [0.15, 0.2) is 0 Å². The Balaban J connectivity index is 2.25. The van der Waals surface area contributed by atoms with Gasteiger partial charge in [0.2, 0.25) is 0 Å². The molecule has 5 heteroatoms. The third-order valence-electron chi connectivity index (χ3n) is 2.70. The van der Waals surface area contributed by atoms with Gasteiger partial charge in [0.15, 0.2) is 5.11 Å². The molecule has 1 N–H and O–H groups in total. The molecule has 1 aliphatic heterocycles. The first-order valence-corrected chi connectivity index (χ1v) is 6.32. The van der Waals surface area contributed by atoms with E-state index in [4.69, 9.17) is 21.7 Å². The Morgan fingerprint density at radius 3 is 3.00 bits per heavy atom. The molecule has 1 heterocycles. The van der Waals surface area contributed by atoms with E-state index in [9.17, 15) is 0 Å². The molecule has 0 aromatic carbocycles. The molecule has 1 atom stereocenters. The predicted molar refractivity (Wildman–Crippen MR) is 68.7 cm³/mol. The third-order valence-corrected chi connectivity index (χ3v) is 3.10. The van der Waals surface area contributed by atoms with E-state index in [0.717, 1.165) is 37.8 Å². The van der Waals surface area contributed by atoms with E-state index in [0.29, 0.717) is 12.7 Å². The molecular formula is C11H22N2O2S. The summed E-state index contributed by atoms with van der Waals surface area (Å²) in [6, 6.07) is 0. The molecule has 0 saturated carbocycles. The minimum Gasteiger partial charge on any atom is -0.383 e. The second-order valence-electron chi connectivity index (χ2n) is 3.90. The molecule has 16 heavy (non-hydrogen) atoms. The molecule has 1 aliphatic rings. The fourth-order valence-corrected chi connectivity index (χ4v) is 2.07. The Morgan fingerprint density at radius 1 is 1.62 bits per heavy atom. The summed E-state index contributed by atoms with van der Waals surface area (Å²) in [5, 5.41) is 3.99. The van der Waals surface area contributed by atoms with Crippen LogP contribution in [0.3, 0.4) is 0 Å². The molecule has 1 unspecified atom stereocenters. The quantitative estimate of drug-likeness (QED) is 0.559. The Kier molecular flexibility index (Phi) is 6.68. The van der Waals surface area contributed by atoms with Crippen LogP contribution in [0.4, 0.5) is 0 Å². The van der Waals surface area contributed by atoms with Gasteiger partial charge < -0.3 is 19.7 Å². The fourth-order valence-electron chi connectivity index (χ4n) is 1.76. The van der Waals surface area contributed by atoms with E-state index in [1.807, 2.05) is 0 Å². The molecule has 0 bridgehead atoms. The van der Waals surface area contributed by atoms with Crippen LogP contribution in [0.1, 0.15) is 19.8 Å². The molecule has 1 fully saturated rings. The summed E-state index contributed by atoms with van der Waals surface area (Å²) in [4.78, 5) is 2.15. The van der Waals surface area contributed by atoms with E-state index in [-0.39, 0.29) is 0 Å². The summed E-state index contributed by atoms with van der Waals surface area (Å²) in [7, 11) is 1.69. The SMILES string of the molecule is CCN(CC1CCCO1)C(=S)NCCOC. The zero-order valence-corrected chi connectivity index (χ0v) is 11.0. The minimum atomic E-state index is 0.349. The maximum absolute atomic E-state index is 5.61. The molecule has 0 amide bonds. The lowest BCUT2D eigenvalue weighted by Crippen LogP contribution is -2.44. The minimum absolute atomic E-state index is 0.349. The number of ether oxygens (including phenoxy) is 2. The van der Waals surface area contributed by atoms with Crippen molar-refractivity contribution in [3.63, 3.8) is 0 Å². The molecule has 1 saturated heterocycles. The Bertz CT molecular complexity index is 208. The van der Waals surface area contributed by atoms with Crippen molar-refractivity contribution >= 4 is 17.3 Å². The highest BCUT2D eigenvalue weighted by Crippen LogP contribution is 2.13. The highest BCUT2D eigenvalue weighted by atomic mass is 32.1. The van der Waals surface area contributed by atoms with Gasteiger partial charge in [0, 0.05) is 33.4 Å². The highest BCUT2D eigenvalue weighted by molar-refractivity contribution is 7.80.